The highest BCUT2D eigenvalue weighted by Crippen LogP contribution is 2.48. The van der Waals surface area contributed by atoms with Gasteiger partial charge >= 0.3 is 5.97 Å². The van der Waals surface area contributed by atoms with Crippen molar-refractivity contribution in [2.45, 2.75) is 63.9 Å². The van der Waals surface area contributed by atoms with E-state index >= 15 is 0 Å². The predicted molar refractivity (Wildman–Crippen MR) is 77.4 cm³/mol. The lowest BCUT2D eigenvalue weighted by Gasteiger charge is -2.44. The number of benzene rings is 1. The van der Waals surface area contributed by atoms with E-state index in [-0.39, 0.29) is 5.60 Å². The van der Waals surface area contributed by atoms with Crippen LogP contribution >= 0.6 is 0 Å². The van der Waals surface area contributed by atoms with Crippen molar-refractivity contribution in [2.24, 2.45) is 0 Å². The van der Waals surface area contributed by atoms with Crippen LogP contribution in [0.25, 0.3) is 0 Å². The van der Waals surface area contributed by atoms with Crippen LogP contribution in [0.3, 0.4) is 0 Å². The Morgan fingerprint density at radius 2 is 1.95 bits per heavy atom. The van der Waals surface area contributed by atoms with Crippen molar-refractivity contribution in [2.75, 3.05) is 0 Å². The summed E-state index contributed by atoms with van der Waals surface area (Å²) in [5.41, 5.74) is 2.80. The third-order valence-electron chi connectivity index (χ3n) is 4.78. The van der Waals surface area contributed by atoms with E-state index in [2.05, 4.69) is 6.07 Å². The highest BCUT2D eigenvalue weighted by Gasteiger charge is 2.44. The monoisotopic (exact) mass is 274 g/mol. The number of fused-ring (bicyclic) bond motifs is 1. The number of carbonyl (C=O) groups is 1. The van der Waals surface area contributed by atoms with Crippen molar-refractivity contribution in [3.05, 3.63) is 28.8 Å². The lowest BCUT2D eigenvalue weighted by molar-refractivity contribution is -0.141. The van der Waals surface area contributed by atoms with E-state index in [1.165, 1.54) is 6.42 Å². The molecule has 20 heavy (non-hydrogen) atoms. The van der Waals surface area contributed by atoms with E-state index in [1.807, 2.05) is 19.9 Å². The summed E-state index contributed by atoms with van der Waals surface area (Å²) in [5, 5.41) is 9.63. The van der Waals surface area contributed by atoms with Crippen LogP contribution in [0, 0.1) is 13.8 Å². The van der Waals surface area contributed by atoms with E-state index in [4.69, 9.17) is 4.74 Å². The molecule has 1 heterocycles. The lowest BCUT2D eigenvalue weighted by Crippen LogP contribution is -2.44. The molecule has 0 saturated heterocycles. The number of carboxylic acid groups (broad SMARTS) is 1. The van der Waals surface area contributed by atoms with Gasteiger partial charge in [0.05, 0.1) is 5.92 Å². The van der Waals surface area contributed by atoms with Crippen molar-refractivity contribution < 1.29 is 14.6 Å². The summed E-state index contributed by atoms with van der Waals surface area (Å²) in [4.78, 5) is 11.7. The molecule has 3 nitrogen and oxygen atoms in total. The van der Waals surface area contributed by atoms with Crippen molar-refractivity contribution in [3.8, 4) is 5.75 Å². The summed E-state index contributed by atoms with van der Waals surface area (Å²) >= 11 is 0. The molecule has 1 spiro atoms. The van der Waals surface area contributed by atoms with Gasteiger partial charge in [-0.25, -0.2) is 0 Å². The smallest absolute Gasteiger partial charge is 0.311 e. The largest absolute Gasteiger partial charge is 0.487 e. The first-order chi connectivity index (χ1) is 9.51. The second kappa shape index (κ2) is 4.80. The van der Waals surface area contributed by atoms with Crippen LogP contribution < -0.4 is 4.74 Å². The molecule has 1 saturated carbocycles. The van der Waals surface area contributed by atoms with E-state index in [0.29, 0.717) is 6.42 Å². The Morgan fingerprint density at radius 3 is 2.60 bits per heavy atom. The summed E-state index contributed by atoms with van der Waals surface area (Å²) in [6.45, 7) is 4.03. The maximum Gasteiger partial charge on any atom is 0.311 e. The van der Waals surface area contributed by atoms with E-state index in [1.54, 1.807) is 0 Å². The molecule has 0 amide bonds. The quantitative estimate of drug-likeness (QED) is 0.843. The number of hydrogen-bond donors (Lipinski definition) is 1. The number of ether oxygens (including phenoxy) is 1. The first-order valence-electron chi connectivity index (χ1n) is 7.54. The lowest BCUT2D eigenvalue weighted by atomic mass is 9.74. The number of hydrogen-bond acceptors (Lipinski definition) is 2. The molecule has 3 rings (SSSR count). The van der Waals surface area contributed by atoms with E-state index in [9.17, 15) is 9.90 Å². The van der Waals surface area contributed by atoms with Crippen LogP contribution in [0.1, 0.15) is 61.1 Å². The first kappa shape index (κ1) is 13.5. The zero-order chi connectivity index (χ0) is 14.3. The Bertz CT molecular complexity index is 541. The number of carboxylic acids is 1. The van der Waals surface area contributed by atoms with Crippen LogP contribution in [0.2, 0.25) is 0 Å². The van der Waals surface area contributed by atoms with Crippen LogP contribution in [-0.2, 0) is 4.79 Å². The molecule has 1 atom stereocenters. The molecule has 3 heteroatoms. The van der Waals surface area contributed by atoms with Gasteiger partial charge in [0.25, 0.3) is 0 Å². The third-order valence-corrected chi connectivity index (χ3v) is 4.78. The molecule has 0 aromatic heterocycles. The summed E-state index contributed by atoms with van der Waals surface area (Å²) < 4.78 is 6.36. The molecule has 1 unspecified atom stereocenters. The SMILES string of the molecule is Cc1cc(C)c2c(c1)C(C(=O)O)CC1(CCCCC1)O2. The Balaban J connectivity index is 2.08. The fraction of sp³-hybridized carbons (Fsp3) is 0.588. The molecule has 0 radical (unpaired) electrons. The van der Waals surface area contributed by atoms with E-state index in [0.717, 1.165) is 48.1 Å². The molecule has 1 aromatic rings. The minimum atomic E-state index is -0.718. The topological polar surface area (TPSA) is 46.5 Å². The van der Waals surface area contributed by atoms with Gasteiger partial charge < -0.3 is 9.84 Å². The van der Waals surface area contributed by atoms with Gasteiger partial charge in [0.2, 0.25) is 0 Å². The van der Waals surface area contributed by atoms with Crippen molar-refractivity contribution >= 4 is 5.97 Å². The minimum absolute atomic E-state index is 0.242. The average molecular weight is 274 g/mol. The molecule has 0 bridgehead atoms. The Hall–Kier alpha value is -1.51. The third kappa shape index (κ3) is 2.19. The van der Waals surface area contributed by atoms with Gasteiger partial charge in [0, 0.05) is 12.0 Å². The fourth-order valence-corrected chi connectivity index (χ4v) is 3.85. The number of aryl methyl sites for hydroxylation is 2. The van der Waals surface area contributed by atoms with Gasteiger partial charge in [-0.1, -0.05) is 24.1 Å². The normalized spacial score (nSPS) is 24.0. The Morgan fingerprint density at radius 1 is 1.25 bits per heavy atom. The maximum atomic E-state index is 11.7. The molecule has 1 N–H and O–H groups in total. The summed E-state index contributed by atoms with van der Waals surface area (Å²) in [6.07, 6.45) is 6.13. The van der Waals surface area contributed by atoms with Gasteiger partial charge in [-0.3, -0.25) is 4.79 Å². The second-order valence-electron chi connectivity index (χ2n) is 6.44. The summed E-state index contributed by atoms with van der Waals surface area (Å²) in [7, 11) is 0. The van der Waals surface area contributed by atoms with Gasteiger partial charge in [-0.05, 0) is 45.1 Å². The Labute approximate surface area is 120 Å². The van der Waals surface area contributed by atoms with Gasteiger partial charge in [0.15, 0.2) is 0 Å². The number of aliphatic carboxylic acids is 1. The highest BCUT2D eigenvalue weighted by atomic mass is 16.5. The van der Waals surface area contributed by atoms with Crippen molar-refractivity contribution in [1.29, 1.82) is 0 Å². The predicted octanol–water partition coefficient (Wildman–Crippen LogP) is 3.96. The summed E-state index contributed by atoms with van der Waals surface area (Å²) in [5.74, 6) is -0.309. The van der Waals surface area contributed by atoms with Gasteiger partial charge in [-0.2, -0.15) is 0 Å². The van der Waals surface area contributed by atoms with Crippen LogP contribution in [-0.4, -0.2) is 16.7 Å². The molecule has 1 aromatic carbocycles. The van der Waals surface area contributed by atoms with Crippen molar-refractivity contribution in [3.63, 3.8) is 0 Å². The second-order valence-corrected chi connectivity index (χ2v) is 6.44. The summed E-state index contributed by atoms with van der Waals surface area (Å²) in [6, 6.07) is 4.07. The number of rotatable bonds is 1. The zero-order valence-electron chi connectivity index (χ0n) is 12.2. The highest BCUT2D eigenvalue weighted by molar-refractivity contribution is 5.78. The van der Waals surface area contributed by atoms with Gasteiger partial charge in [-0.15, -0.1) is 0 Å². The standard InChI is InChI=1S/C17H22O3/c1-11-8-12(2)15-13(9-11)14(16(18)19)10-17(20-15)6-4-3-5-7-17/h8-9,14H,3-7,10H2,1-2H3,(H,18,19). The van der Waals surface area contributed by atoms with Crippen LogP contribution in [0.4, 0.5) is 0 Å². The van der Waals surface area contributed by atoms with Crippen LogP contribution in [0.15, 0.2) is 12.1 Å². The molecule has 1 fully saturated rings. The van der Waals surface area contributed by atoms with Gasteiger partial charge in [0.1, 0.15) is 11.4 Å². The molecular formula is C17H22O3. The molecular weight excluding hydrogens is 252 g/mol. The fourth-order valence-electron chi connectivity index (χ4n) is 3.85. The van der Waals surface area contributed by atoms with Crippen molar-refractivity contribution in [1.82, 2.24) is 0 Å². The molecule has 108 valence electrons. The van der Waals surface area contributed by atoms with Crippen LogP contribution in [0.5, 0.6) is 5.75 Å². The zero-order valence-corrected chi connectivity index (χ0v) is 12.2. The minimum Gasteiger partial charge on any atom is -0.487 e. The molecule has 2 aliphatic rings. The van der Waals surface area contributed by atoms with E-state index < -0.39 is 11.9 Å². The average Bonchev–Trinajstić information content (AvgIpc) is 2.40. The Kier molecular flexibility index (Phi) is 3.23. The maximum absolute atomic E-state index is 11.7. The molecule has 1 aliphatic carbocycles. The molecule has 1 aliphatic heterocycles. The first-order valence-corrected chi connectivity index (χ1v) is 7.54.